The van der Waals surface area contributed by atoms with E-state index in [0.29, 0.717) is 5.82 Å². The summed E-state index contributed by atoms with van der Waals surface area (Å²) in [4.78, 5) is 15.7. The summed E-state index contributed by atoms with van der Waals surface area (Å²) in [6.45, 7) is 3.82. The van der Waals surface area contributed by atoms with Gasteiger partial charge in [-0.25, -0.2) is 19.6 Å². The Hall–Kier alpha value is -3.34. The Morgan fingerprint density at radius 3 is 2.84 bits per heavy atom. The Kier molecular flexibility index (Phi) is 6.86. The van der Waals surface area contributed by atoms with E-state index >= 15 is 0 Å². The molecule has 5 aromatic rings. The van der Waals surface area contributed by atoms with Crippen LogP contribution in [0.1, 0.15) is 43.2 Å². The van der Waals surface area contributed by atoms with E-state index in [9.17, 15) is 0 Å². The summed E-state index contributed by atoms with van der Waals surface area (Å²) < 4.78 is 9.98. The van der Waals surface area contributed by atoms with Crippen LogP contribution < -0.4 is 5.23 Å². The highest BCUT2D eigenvalue weighted by Gasteiger charge is 2.24. The maximum atomic E-state index is 5.94. The molecule has 0 amide bonds. The third-order valence-corrected chi connectivity index (χ3v) is 7.84. The number of imidazole rings is 1. The molecule has 0 spiro atoms. The van der Waals surface area contributed by atoms with Crippen LogP contribution >= 0.6 is 11.3 Å². The summed E-state index contributed by atoms with van der Waals surface area (Å²) >= 11 is 1.62. The van der Waals surface area contributed by atoms with Gasteiger partial charge in [0.05, 0.1) is 11.4 Å². The van der Waals surface area contributed by atoms with Gasteiger partial charge in [-0.15, -0.1) is 16.4 Å². The summed E-state index contributed by atoms with van der Waals surface area (Å²) in [5.74, 6) is 0.677. The third kappa shape index (κ3) is 4.84. The molecule has 1 unspecified atom stereocenters. The first-order valence-corrected chi connectivity index (χ1v) is 13.7. The van der Waals surface area contributed by atoms with Crippen molar-refractivity contribution in [3.8, 4) is 32.7 Å². The number of hydrogen-bond acceptors (Lipinski definition) is 7. The monoisotopic (exact) mass is 511 g/mol. The summed E-state index contributed by atoms with van der Waals surface area (Å²) in [5.41, 5.74) is 6.14. The molecule has 10 heteroatoms. The first-order chi connectivity index (χ1) is 18.2. The van der Waals surface area contributed by atoms with Gasteiger partial charge in [-0.2, -0.15) is 0 Å². The zero-order valence-corrected chi connectivity index (χ0v) is 22.0. The van der Waals surface area contributed by atoms with Gasteiger partial charge >= 0.3 is 0 Å². The second kappa shape index (κ2) is 10.6. The van der Waals surface area contributed by atoms with Crippen LogP contribution in [0.5, 0.6) is 0 Å². The van der Waals surface area contributed by atoms with Crippen molar-refractivity contribution in [2.75, 3.05) is 13.2 Å². The summed E-state index contributed by atoms with van der Waals surface area (Å²) in [6, 6.07) is 14.6. The SMILES string of the molecule is BNCCCc1ccc2nc(C)c(-c3nc(-c4ccccc4)c(-c4ncn(C5CCCCO5)n4)s3)n2c1. The molecule has 8 nitrogen and oxygen atoms in total. The van der Waals surface area contributed by atoms with Crippen molar-refractivity contribution in [1.29, 1.82) is 0 Å². The Balaban J connectivity index is 1.44. The highest BCUT2D eigenvalue weighted by atomic mass is 32.1. The second-order valence-electron chi connectivity index (χ2n) is 9.45. The average molecular weight is 511 g/mol. The van der Waals surface area contributed by atoms with Crippen molar-refractivity contribution >= 4 is 25.0 Å². The van der Waals surface area contributed by atoms with Gasteiger partial charge in [-0.1, -0.05) is 36.4 Å². The van der Waals surface area contributed by atoms with Crippen molar-refractivity contribution < 1.29 is 4.74 Å². The number of hydrogen-bond donors (Lipinski definition) is 1. The largest absolute Gasteiger partial charge is 0.362 e. The standard InChI is InChI=1S/C27H30BN7OS/c1-18-24(34-16-19(8-7-14-30-28)12-13-21(34)31-18)27-32-23(20-9-3-2-4-10-20)25(37-27)26-29-17-35(33-26)22-11-5-6-15-36-22/h2-4,9-10,12-13,16-17,22,30H,5-8,11,14-15,28H2,1H3. The van der Waals surface area contributed by atoms with E-state index < -0.39 is 0 Å². The zero-order chi connectivity index (χ0) is 25.2. The van der Waals surface area contributed by atoms with Gasteiger partial charge < -0.3 is 9.96 Å². The lowest BCUT2D eigenvalue weighted by Crippen LogP contribution is -2.18. The summed E-state index contributed by atoms with van der Waals surface area (Å²) in [5, 5.41) is 8.99. The Bertz CT molecular complexity index is 1500. The minimum absolute atomic E-state index is 0.0510. The smallest absolute Gasteiger partial charge is 0.193 e. The quantitative estimate of drug-likeness (QED) is 0.245. The van der Waals surface area contributed by atoms with E-state index in [-0.39, 0.29) is 6.23 Å². The van der Waals surface area contributed by atoms with E-state index in [2.05, 4.69) is 47.0 Å². The van der Waals surface area contributed by atoms with Crippen molar-refractivity contribution in [2.45, 2.75) is 45.3 Å². The molecule has 4 aromatic heterocycles. The van der Waals surface area contributed by atoms with Crippen LogP contribution in [0.2, 0.25) is 0 Å². The molecule has 5 heterocycles. The fraction of sp³-hybridized carbons (Fsp3) is 0.333. The van der Waals surface area contributed by atoms with E-state index in [1.54, 1.807) is 17.7 Å². The normalized spacial score (nSPS) is 16.0. The van der Waals surface area contributed by atoms with E-state index in [1.165, 1.54) is 5.56 Å². The van der Waals surface area contributed by atoms with E-state index in [1.807, 2.05) is 30.9 Å². The predicted octanol–water partition coefficient (Wildman–Crippen LogP) is 4.46. The van der Waals surface area contributed by atoms with Crippen molar-refractivity contribution in [3.63, 3.8) is 0 Å². The number of pyridine rings is 1. The number of rotatable bonds is 8. The fourth-order valence-electron chi connectivity index (χ4n) is 4.90. The minimum Gasteiger partial charge on any atom is -0.362 e. The van der Waals surface area contributed by atoms with Gasteiger partial charge in [0.25, 0.3) is 0 Å². The highest BCUT2D eigenvalue weighted by molar-refractivity contribution is 7.18. The molecule has 1 saturated heterocycles. The first kappa shape index (κ1) is 24.0. The molecule has 188 valence electrons. The van der Waals surface area contributed by atoms with Gasteiger partial charge in [-0.3, -0.25) is 4.40 Å². The molecule has 0 aliphatic carbocycles. The third-order valence-electron chi connectivity index (χ3n) is 6.79. The van der Waals surface area contributed by atoms with Crippen LogP contribution in [0.15, 0.2) is 55.0 Å². The number of nitrogens with zero attached hydrogens (tertiary/aromatic N) is 6. The van der Waals surface area contributed by atoms with Gasteiger partial charge in [0.2, 0.25) is 0 Å². The van der Waals surface area contributed by atoms with Crippen LogP contribution in [0.3, 0.4) is 0 Å². The fourth-order valence-corrected chi connectivity index (χ4v) is 6.01. The first-order valence-electron chi connectivity index (χ1n) is 12.9. The van der Waals surface area contributed by atoms with Gasteiger partial charge in [-0.05, 0) is 57.2 Å². The van der Waals surface area contributed by atoms with E-state index in [4.69, 9.17) is 24.8 Å². The molecular weight excluding hydrogens is 481 g/mol. The number of benzene rings is 1. The lowest BCUT2D eigenvalue weighted by Gasteiger charge is -2.21. The molecule has 1 aromatic carbocycles. The molecule has 1 N–H and O–H groups in total. The highest BCUT2D eigenvalue weighted by Crippen LogP contribution is 2.40. The number of fused-ring (bicyclic) bond motifs is 1. The molecule has 1 aliphatic rings. The van der Waals surface area contributed by atoms with Crippen molar-refractivity contribution in [2.24, 2.45) is 0 Å². The molecule has 1 atom stereocenters. The maximum absolute atomic E-state index is 5.94. The maximum Gasteiger partial charge on any atom is 0.193 e. The van der Waals surface area contributed by atoms with Crippen LogP contribution in [0.25, 0.3) is 38.3 Å². The molecule has 0 saturated carbocycles. The topological polar surface area (TPSA) is 82.2 Å². The Labute approximate surface area is 221 Å². The molecule has 0 radical (unpaired) electrons. The Morgan fingerprint density at radius 2 is 2.03 bits per heavy atom. The van der Waals surface area contributed by atoms with Crippen LogP contribution in [0.4, 0.5) is 0 Å². The molecule has 6 rings (SSSR count). The lowest BCUT2D eigenvalue weighted by molar-refractivity contribution is -0.0395. The van der Waals surface area contributed by atoms with Gasteiger partial charge in [0, 0.05) is 18.4 Å². The lowest BCUT2D eigenvalue weighted by atomic mass is 10.1. The van der Waals surface area contributed by atoms with Crippen LogP contribution in [0, 0.1) is 6.92 Å². The van der Waals surface area contributed by atoms with Crippen molar-refractivity contribution in [3.05, 3.63) is 66.2 Å². The molecular formula is C27H30BN7OS. The van der Waals surface area contributed by atoms with Gasteiger partial charge in [0.1, 0.15) is 27.6 Å². The second-order valence-corrected chi connectivity index (χ2v) is 10.4. The molecule has 0 bridgehead atoms. The number of aromatic nitrogens is 6. The molecule has 1 aliphatic heterocycles. The number of thiazole rings is 1. The van der Waals surface area contributed by atoms with E-state index in [0.717, 1.165) is 83.4 Å². The summed E-state index contributed by atoms with van der Waals surface area (Å²) in [7, 11) is 1.99. The number of nitrogens with one attached hydrogen (secondary N) is 1. The van der Waals surface area contributed by atoms with Gasteiger partial charge in [0.15, 0.2) is 20.0 Å². The average Bonchev–Trinajstić information content (AvgIpc) is 3.66. The number of aryl methyl sites for hydroxylation is 2. The minimum atomic E-state index is -0.0510. The number of ether oxygens (including phenoxy) is 1. The Morgan fingerprint density at radius 1 is 1.14 bits per heavy atom. The van der Waals surface area contributed by atoms with Crippen molar-refractivity contribution in [1.82, 2.24) is 34.4 Å². The van der Waals surface area contributed by atoms with Crippen LogP contribution in [-0.2, 0) is 11.2 Å². The van der Waals surface area contributed by atoms with Crippen LogP contribution in [-0.4, -0.2) is 50.3 Å². The zero-order valence-electron chi connectivity index (χ0n) is 21.2. The predicted molar refractivity (Wildman–Crippen MR) is 149 cm³/mol. The molecule has 1 fully saturated rings. The molecule has 37 heavy (non-hydrogen) atoms. The summed E-state index contributed by atoms with van der Waals surface area (Å²) in [6.07, 6.45) is 9.24.